The second kappa shape index (κ2) is 52.7. The van der Waals surface area contributed by atoms with Gasteiger partial charge in [0.1, 0.15) is 96.9 Å². The van der Waals surface area contributed by atoms with Crippen LogP contribution >= 0.6 is 11.8 Å². The zero-order chi connectivity index (χ0) is 101. The number of aliphatic hydroxyl groups is 1. The van der Waals surface area contributed by atoms with Crippen LogP contribution in [0, 0.1) is 0 Å². The fourth-order valence-corrected chi connectivity index (χ4v) is 17.7. The molecule has 0 saturated carbocycles. The summed E-state index contributed by atoms with van der Waals surface area (Å²) in [6.07, 6.45) is -0.974. The number of nitrogens with two attached hydrogens (primary N) is 4. The number of methoxy groups -OCH3 is 1. The number of fused-ring (bicyclic) bond motifs is 4. The number of amides is 16. The highest BCUT2D eigenvalue weighted by molar-refractivity contribution is 8.00. The van der Waals surface area contributed by atoms with Gasteiger partial charge in [0.05, 0.1) is 31.9 Å². The van der Waals surface area contributed by atoms with Crippen molar-refractivity contribution in [3.63, 3.8) is 0 Å². The van der Waals surface area contributed by atoms with Crippen molar-refractivity contribution in [1.29, 1.82) is 0 Å². The summed E-state index contributed by atoms with van der Waals surface area (Å²) in [7, 11) is 5.15. The Labute approximate surface area is 795 Å². The van der Waals surface area contributed by atoms with Crippen molar-refractivity contribution >= 4 is 146 Å². The van der Waals surface area contributed by atoms with E-state index >= 15 is 33.6 Å². The molecule has 23 N–H and O–H groups in total. The van der Waals surface area contributed by atoms with E-state index in [1.54, 1.807) is 92.8 Å². The van der Waals surface area contributed by atoms with Gasteiger partial charge in [-0.1, -0.05) is 88.1 Å². The molecule has 5 heterocycles. The van der Waals surface area contributed by atoms with Crippen LogP contribution in [0.2, 0.25) is 0 Å². The Morgan fingerprint density at radius 1 is 0.526 bits per heavy atom. The Bertz CT molecular complexity index is 5150. The molecule has 46 heteroatoms. The Hall–Kier alpha value is -13.3. The number of hydrogen-bond donors (Lipinski definition) is 19. The second-order valence-corrected chi connectivity index (χ2v) is 35.4. The smallest absolute Gasteiger partial charge is 0.323 e. The lowest BCUT2D eigenvalue weighted by Gasteiger charge is -2.36. The number of likely N-dealkylation sites (N-methyl/N-ethyl adjacent to an activating group) is 3. The molecule has 3 aliphatic heterocycles. The molecule has 45 nitrogen and oxygen atoms in total. The average Bonchev–Trinajstić information content (AvgIpc) is 1.64. The Kier molecular flexibility index (Phi) is 41.9. The summed E-state index contributed by atoms with van der Waals surface area (Å²) in [6.45, 7) is 2.01. The number of nitrogens with one attached hydrogen (secondary N) is 11. The SMILES string of the molecule is CCCC[C@H]1C(=O)N(C)[C@@H](CCCC)C(=O)N[C@@H](CCC(=O)O)C(=O)N[C@H](C(=O)NCC(N)=O)CSCC(=O)N[C@@H](Cc2ccc(OC)cc2)C(=O)N(C)[C@@H](C)C(=O)N[C@H](CC(=O)O)C(=O)N2CCC[C@H]2C(=O)N[C@@H](CN)C(=O)N[C@@H](CCCCN)C(=O)N2C[C@H](O)C[C@H]2C(=O)N[C@@H](Cc2c[nH]c3ccccc23)C(=O)N[C@@H](CCN)C(=O)N[C@@H](Cc2cn(CC(=O)O)c3ccccc23)C(=O)N1C. The van der Waals surface area contributed by atoms with Crippen LogP contribution in [0.15, 0.2) is 85.2 Å². The van der Waals surface area contributed by atoms with E-state index in [1.165, 1.54) is 45.9 Å². The molecular weight excluding hydrogens is 1800 g/mol. The lowest BCUT2D eigenvalue weighted by Crippen LogP contribution is -2.61. The first kappa shape index (κ1) is 109. The molecule has 16 amide bonds. The van der Waals surface area contributed by atoms with E-state index < -0.39 is 273 Å². The summed E-state index contributed by atoms with van der Waals surface area (Å²) in [6, 6.07) is -2.92. The lowest BCUT2D eigenvalue weighted by molar-refractivity contribution is -0.149. The fraction of sp³-hybridized carbons (Fsp3) is 0.549. The monoisotopic (exact) mass is 1930 g/mol. The number of carboxylic acids is 3. The number of aromatic nitrogens is 2. The van der Waals surface area contributed by atoms with Gasteiger partial charge in [-0.2, -0.15) is 0 Å². The number of nitrogens with zero attached hydrogens (tertiary/aromatic N) is 6. The fourth-order valence-electron chi connectivity index (χ4n) is 16.8. The molecule has 137 heavy (non-hydrogen) atoms. The third-order valence-corrected chi connectivity index (χ3v) is 25.5. The van der Waals surface area contributed by atoms with Crippen molar-refractivity contribution < 1.29 is 116 Å². The van der Waals surface area contributed by atoms with Crippen LogP contribution in [0.5, 0.6) is 5.75 Å². The highest BCUT2D eigenvalue weighted by Gasteiger charge is 2.47. The van der Waals surface area contributed by atoms with E-state index in [0.29, 0.717) is 75.3 Å². The number of carbonyl (C=O) groups excluding carboxylic acids is 16. The minimum Gasteiger partial charge on any atom is -0.497 e. The maximum Gasteiger partial charge on any atom is 0.323 e. The van der Waals surface area contributed by atoms with Crippen molar-refractivity contribution in [1.82, 2.24) is 87.2 Å². The molecule has 3 aliphatic rings. The largest absolute Gasteiger partial charge is 0.497 e. The Morgan fingerprint density at radius 3 is 1.74 bits per heavy atom. The molecule has 0 unspecified atom stereocenters. The summed E-state index contributed by atoms with van der Waals surface area (Å²) in [5, 5.41) is 68.7. The number of aromatic amines is 1. The number of aliphatic hydroxyl groups excluding tert-OH is 1. The number of hydrogen-bond acceptors (Lipinski definition) is 25. The lowest BCUT2D eigenvalue weighted by atomic mass is 9.99. The molecule has 748 valence electrons. The van der Waals surface area contributed by atoms with Crippen LogP contribution in [-0.2, 0) is 117 Å². The van der Waals surface area contributed by atoms with Gasteiger partial charge in [-0.3, -0.25) is 91.1 Å². The maximum atomic E-state index is 16.0. The number of aliphatic carboxylic acids is 3. The number of para-hydroxylation sites is 2. The van der Waals surface area contributed by atoms with Crippen LogP contribution in [0.25, 0.3) is 21.8 Å². The van der Waals surface area contributed by atoms with Gasteiger partial charge < -0.3 is 135 Å². The van der Waals surface area contributed by atoms with E-state index in [9.17, 15) is 78.0 Å². The molecule has 0 aliphatic carbocycles. The topological polar surface area (TPSA) is 676 Å². The van der Waals surface area contributed by atoms with Gasteiger partial charge in [-0.05, 0) is 119 Å². The highest BCUT2D eigenvalue weighted by atomic mass is 32.2. The number of primary amides is 1. The quantitative estimate of drug-likeness (QED) is 0.0199. The van der Waals surface area contributed by atoms with Crippen molar-refractivity contribution in [2.45, 2.75) is 240 Å². The molecular formula is C91H129N21O24S. The van der Waals surface area contributed by atoms with Crippen LogP contribution in [0.3, 0.4) is 0 Å². The summed E-state index contributed by atoms with van der Waals surface area (Å²) < 4.78 is 6.73. The predicted octanol–water partition coefficient (Wildman–Crippen LogP) is -3.43. The van der Waals surface area contributed by atoms with Gasteiger partial charge in [0, 0.05) is 113 Å². The normalized spacial score (nSPS) is 24.5. The van der Waals surface area contributed by atoms with Crippen molar-refractivity contribution in [2.75, 3.05) is 79.0 Å². The third kappa shape index (κ3) is 30.6. The molecule has 8 rings (SSSR count). The molecule has 0 radical (unpaired) electrons. The average molecular weight is 1930 g/mol. The number of ether oxygens (including phenoxy) is 1. The Morgan fingerprint density at radius 2 is 1.09 bits per heavy atom. The second-order valence-electron chi connectivity index (χ2n) is 34.4. The standard InChI is InChI=1S/C91H129N21O24S/c1-8-10-23-69-84(128)100-59(31-32-75(116)117)80(124)106-67(79(123)97-44-73(95)114)48-137-49-74(115)98-63(37-51-27-29-55(136-7)30-28-51)87(131)107(4)50(3)78(122)103-65(41-76(118)119)90(134)111-36-18-26-70(111)85(129)105-66(42-94)83(127)101-61(22-16-17-34-92)89(133)112-46-54(113)40-72(112)86(130)102-62(38-52-43-96-58-21-14-12-19-56(52)58)82(126)99-60(33-35-93)81(125)104-64(88(132)109(6)71(24-11-9-2)91(135)108(69)5)39-53-45-110(47-77(120)121)68-25-15-13-20-57(53)68/h12-15,19-21,25,27-30,43,45,50,54,59-67,69-72,96,113H,8-11,16-18,22-24,26,31-42,44,46-49,92-94H2,1-7H3,(H2,95,114)(H,97,123)(H,98,115)(H,99,126)(H,100,128)(H,101,127)(H,102,130)(H,103,122)(H,104,125)(H,105,129)(H,106,124)(H,116,117)(H,118,119)(H,120,121)/t50-,54+,59-,60-,61-,62-,63-,64-,65+,66-,67-,69-,70-,71-,72-/m0/s1. The summed E-state index contributed by atoms with van der Waals surface area (Å²) in [4.78, 5) is 282. The van der Waals surface area contributed by atoms with E-state index in [1.807, 2.05) is 0 Å². The number of H-pyrrole nitrogens is 1. The summed E-state index contributed by atoms with van der Waals surface area (Å²) in [5.41, 5.74) is 26.0. The zero-order valence-corrected chi connectivity index (χ0v) is 78.7. The summed E-state index contributed by atoms with van der Waals surface area (Å²) >= 11 is 0.703. The first-order chi connectivity index (χ1) is 65.3. The van der Waals surface area contributed by atoms with Crippen LogP contribution in [0.1, 0.15) is 140 Å². The van der Waals surface area contributed by atoms with Gasteiger partial charge in [-0.15, -0.1) is 11.8 Å². The number of carbonyl (C=O) groups is 19. The molecule has 2 aromatic heterocycles. The first-order valence-electron chi connectivity index (χ1n) is 45.7. The highest BCUT2D eigenvalue weighted by Crippen LogP contribution is 2.29. The minimum atomic E-state index is -1.91. The molecule has 0 spiro atoms. The first-order valence-corrected chi connectivity index (χ1v) is 46.9. The van der Waals surface area contributed by atoms with Crippen LogP contribution in [-0.4, -0.2) is 337 Å². The van der Waals surface area contributed by atoms with Gasteiger partial charge >= 0.3 is 17.9 Å². The van der Waals surface area contributed by atoms with Gasteiger partial charge in [0.25, 0.3) is 0 Å². The van der Waals surface area contributed by atoms with Gasteiger partial charge in [0.2, 0.25) is 94.5 Å². The number of benzene rings is 3. The molecule has 3 aromatic carbocycles. The molecule has 5 aromatic rings. The predicted molar refractivity (Wildman–Crippen MR) is 499 cm³/mol. The Balaban J connectivity index is 1.22. The van der Waals surface area contributed by atoms with Crippen molar-refractivity contribution in [3.05, 3.63) is 102 Å². The molecule has 3 fully saturated rings. The molecule has 0 bridgehead atoms. The number of thioether (sulfide) groups is 1. The third-order valence-electron chi connectivity index (χ3n) is 24.5. The van der Waals surface area contributed by atoms with E-state index in [-0.39, 0.29) is 90.3 Å². The zero-order valence-electron chi connectivity index (χ0n) is 77.9. The number of unbranched alkanes of at least 4 members (excludes halogenated alkanes) is 3. The van der Waals surface area contributed by atoms with E-state index in [4.69, 9.17) is 27.7 Å². The number of carboxylic acid groups (broad SMARTS) is 3. The van der Waals surface area contributed by atoms with Crippen LogP contribution in [0.4, 0.5) is 0 Å². The van der Waals surface area contributed by atoms with Crippen molar-refractivity contribution in [2.24, 2.45) is 22.9 Å². The molecule has 15 atom stereocenters. The van der Waals surface area contributed by atoms with Crippen molar-refractivity contribution in [3.8, 4) is 5.75 Å². The van der Waals surface area contributed by atoms with E-state index in [2.05, 4.69) is 58.2 Å². The van der Waals surface area contributed by atoms with Gasteiger partial charge in [0.15, 0.2) is 0 Å². The van der Waals surface area contributed by atoms with Gasteiger partial charge in [-0.25, -0.2) is 0 Å². The summed E-state index contributed by atoms with van der Waals surface area (Å²) in [5.74, 6) is -20.9. The minimum absolute atomic E-state index is 0.0651. The maximum absolute atomic E-state index is 16.0. The van der Waals surface area contributed by atoms with E-state index in [0.717, 1.165) is 24.5 Å². The molecule has 3 saturated heterocycles. The number of rotatable bonds is 30. The van der Waals surface area contributed by atoms with Crippen LogP contribution < -0.4 is 80.8 Å².